The van der Waals surface area contributed by atoms with E-state index in [1.54, 1.807) is 17.9 Å². The Morgan fingerprint density at radius 1 is 1.25 bits per heavy atom. The quantitative estimate of drug-likeness (QED) is 0.877. The van der Waals surface area contributed by atoms with Crippen molar-refractivity contribution in [3.8, 4) is 0 Å². The standard InChI is InChI=1S/C21H24N4O3/c1-3-6-17-21(15-7-4-5-8-16(15)22-20(21)28)11-12-24(17)19(27)13-25-18(26)10-9-14(2)23-25/h4-5,7-10,17H,3,6,11-13H2,1-2H3,(H,22,28)/t17-,21-/m0/s1. The van der Waals surface area contributed by atoms with Gasteiger partial charge in [-0.2, -0.15) is 5.10 Å². The lowest BCUT2D eigenvalue weighted by molar-refractivity contribution is -0.134. The summed E-state index contributed by atoms with van der Waals surface area (Å²) < 4.78 is 1.20. The molecule has 2 aromatic rings. The second-order valence-electron chi connectivity index (χ2n) is 7.58. The first kappa shape index (κ1) is 18.4. The zero-order valence-electron chi connectivity index (χ0n) is 16.1. The molecule has 1 fully saturated rings. The molecule has 2 amide bonds. The van der Waals surface area contributed by atoms with Gasteiger partial charge in [0.1, 0.15) is 6.54 Å². The van der Waals surface area contributed by atoms with Gasteiger partial charge in [0, 0.05) is 18.3 Å². The summed E-state index contributed by atoms with van der Waals surface area (Å²) in [5.74, 6) is -0.207. The van der Waals surface area contributed by atoms with Crippen LogP contribution in [0.25, 0.3) is 0 Å². The molecule has 0 radical (unpaired) electrons. The molecule has 7 heteroatoms. The van der Waals surface area contributed by atoms with E-state index < -0.39 is 5.41 Å². The lowest BCUT2D eigenvalue weighted by Crippen LogP contribution is -2.49. The molecule has 0 saturated carbocycles. The first-order chi connectivity index (χ1) is 13.5. The fourth-order valence-corrected chi connectivity index (χ4v) is 4.66. The van der Waals surface area contributed by atoms with Crippen molar-refractivity contribution in [2.24, 2.45) is 0 Å². The molecule has 1 aromatic heterocycles. The number of carbonyl (C=O) groups is 2. The largest absolute Gasteiger partial charge is 0.337 e. The molecule has 3 heterocycles. The minimum Gasteiger partial charge on any atom is -0.337 e. The number of likely N-dealkylation sites (tertiary alicyclic amines) is 1. The van der Waals surface area contributed by atoms with Crippen molar-refractivity contribution >= 4 is 17.5 Å². The summed E-state index contributed by atoms with van der Waals surface area (Å²) in [7, 11) is 0. The van der Waals surface area contributed by atoms with Gasteiger partial charge in [-0.1, -0.05) is 31.5 Å². The number of rotatable bonds is 4. The molecule has 2 atom stereocenters. The number of hydrogen-bond acceptors (Lipinski definition) is 4. The predicted octanol–water partition coefficient (Wildman–Crippen LogP) is 1.84. The normalized spacial score (nSPS) is 23.1. The average Bonchev–Trinajstić information content (AvgIpc) is 3.19. The summed E-state index contributed by atoms with van der Waals surface area (Å²) in [5.41, 5.74) is 1.47. The van der Waals surface area contributed by atoms with E-state index in [0.29, 0.717) is 18.7 Å². The summed E-state index contributed by atoms with van der Waals surface area (Å²) in [6.07, 6.45) is 2.17. The number of para-hydroxylation sites is 1. The summed E-state index contributed by atoms with van der Waals surface area (Å²) in [4.78, 5) is 40.0. The lowest BCUT2D eigenvalue weighted by atomic mass is 9.73. The number of hydrogen-bond donors (Lipinski definition) is 1. The molecular formula is C21H24N4O3. The topological polar surface area (TPSA) is 84.3 Å². The Balaban J connectivity index is 1.68. The zero-order chi connectivity index (χ0) is 19.9. The van der Waals surface area contributed by atoms with E-state index in [2.05, 4.69) is 17.3 Å². The Morgan fingerprint density at radius 2 is 2.04 bits per heavy atom. The molecule has 146 valence electrons. The summed E-state index contributed by atoms with van der Waals surface area (Å²) in [5, 5.41) is 7.17. The Morgan fingerprint density at radius 3 is 2.82 bits per heavy atom. The first-order valence-corrected chi connectivity index (χ1v) is 9.72. The highest BCUT2D eigenvalue weighted by molar-refractivity contribution is 6.07. The van der Waals surface area contributed by atoms with Gasteiger partial charge in [-0.3, -0.25) is 14.4 Å². The summed E-state index contributed by atoms with van der Waals surface area (Å²) in [6.45, 7) is 4.22. The second-order valence-corrected chi connectivity index (χ2v) is 7.58. The van der Waals surface area contributed by atoms with Crippen LogP contribution in [0.3, 0.4) is 0 Å². The van der Waals surface area contributed by atoms with Crippen LogP contribution >= 0.6 is 0 Å². The predicted molar refractivity (Wildman–Crippen MR) is 105 cm³/mol. The molecule has 2 aliphatic rings. The maximum atomic E-state index is 13.1. The highest BCUT2D eigenvalue weighted by Gasteiger charge is 2.58. The number of carbonyl (C=O) groups excluding carboxylic acids is 2. The first-order valence-electron chi connectivity index (χ1n) is 9.72. The van der Waals surface area contributed by atoms with Gasteiger partial charge >= 0.3 is 0 Å². The van der Waals surface area contributed by atoms with Crippen LogP contribution < -0.4 is 10.9 Å². The number of nitrogens with zero attached hydrogens (tertiary/aromatic N) is 3. The van der Waals surface area contributed by atoms with Crippen LogP contribution in [-0.4, -0.2) is 39.1 Å². The van der Waals surface area contributed by atoms with Crippen LogP contribution in [0.5, 0.6) is 0 Å². The van der Waals surface area contributed by atoms with Gasteiger partial charge in [0.15, 0.2) is 0 Å². The molecule has 2 aliphatic heterocycles. The molecule has 0 unspecified atom stereocenters. The number of nitrogens with one attached hydrogen (secondary N) is 1. The monoisotopic (exact) mass is 380 g/mol. The number of anilines is 1. The van der Waals surface area contributed by atoms with E-state index in [0.717, 1.165) is 24.1 Å². The highest BCUT2D eigenvalue weighted by Crippen LogP contribution is 2.49. The maximum Gasteiger partial charge on any atom is 0.267 e. The molecule has 0 aliphatic carbocycles. The highest BCUT2D eigenvalue weighted by atomic mass is 16.2. The van der Waals surface area contributed by atoms with E-state index in [1.165, 1.54) is 10.7 Å². The Hall–Kier alpha value is -2.96. The number of aryl methyl sites for hydroxylation is 1. The van der Waals surface area contributed by atoms with Crippen LogP contribution in [0.4, 0.5) is 5.69 Å². The van der Waals surface area contributed by atoms with Gasteiger partial charge in [0.25, 0.3) is 5.56 Å². The van der Waals surface area contributed by atoms with Crippen LogP contribution in [0.1, 0.15) is 37.4 Å². The van der Waals surface area contributed by atoms with E-state index in [4.69, 9.17) is 0 Å². The molecule has 1 spiro atoms. The van der Waals surface area contributed by atoms with Crippen LogP contribution in [0.2, 0.25) is 0 Å². The van der Waals surface area contributed by atoms with Crippen molar-refractivity contribution in [3.05, 3.63) is 58.0 Å². The van der Waals surface area contributed by atoms with Gasteiger partial charge in [-0.05, 0) is 37.5 Å². The van der Waals surface area contributed by atoms with E-state index in [9.17, 15) is 14.4 Å². The number of aromatic nitrogens is 2. The van der Waals surface area contributed by atoms with Gasteiger partial charge < -0.3 is 10.2 Å². The number of fused-ring (bicyclic) bond motifs is 2. The Bertz CT molecular complexity index is 999. The summed E-state index contributed by atoms with van der Waals surface area (Å²) >= 11 is 0. The van der Waals surface area contributed by atoms with E-state index in [1.807, 2.05) is 24.3 Å². The maximum absolute atomic E-state index is 13.1. The van der Waals surface area contributed by atoms with Crippen molar-refractivity contribution in [1.82, 2.24) is 14.7 Å². The van der Waals surface area contributed by atoms with E-state index >= 15 is 0 Å². The van der Waals surface area contributed by atoms with Crippen LogP contribution in [0.15, 0.2) is 41.2 Å². The van der Waals surface area contributed by atoms with Crippen molar-refractivity contribution in [2.45, 2.75) is 51.1 Å². The molecular weight excluding hydrogens is 356 g/mol. The Kier molecular flexibility index (Phi) is 4.53. The minimum absolute atomic E-state index is 0.0340. The average molecular weight is 380 g/mol. The third-order valence-electron chi connectivity index (χ3n) is 5.92. The summed E-state index contributed by atoms with van der Waals surface area (Å²) in [6, 6.07) is 10.6. The van der Waals surface area contributed by atoms with Gasteiger partial charge in [0.05, 0.1) is 17.2 Å². The smallest absolute Gasteiger partial charge is 0.267 e. The zero-order valence-corrected chi connectivity index (χ0v) is 16.1. The van der Waals surface area contributed by atoms with Crippen molar-refractivity contribution in [3.63, 3.8) is 0 Å². The van der Waals surface area contributed by atoms with Crippen LogP contribution in [-0.2, 0) is 21.5 Å². The van der Waals surface area contributed by atoms with E-state index in [-0.39, 0.29) is 30.0 Å². The third-order valence-corrected chi connectivity index (χ3v) is 5.92. The SMILES string of the molecule is CCC[C@@H]1N(C(=O)Cn2nc(C)ccc2=O)CC[C@@]12C(=O)Nc1ccccc12. The van der Waals surface area contributed by atoms with Crippen LogP contribution in [0, 0.1) is 6.92 Å². The van der Waals surface area contributed by atoms with Crippen molar-refractivity contribution in [2.75, 3.05) is 11.9 Å². The molecule has 1 saturated heterocycles. The van der Waals surface area contributed by atoms with Crippen molar-refractivity contribution in [1.29, 1.82) is 0 Å². The van der Waals surface area contributed by atoms with Gasteiger partial charge in [-0.25, -0.2) is 4.68 Å². The Labute approximate surface area is 163 Å². The second kappa shape index (κ2) is 6.89. The third kappa shape index (κ3) is 2.73. The number of amides is 2. The fraction of sp³-hybridized carbons (Fsp3) is 0.429. The molecule has 0 bridgehead atoms. The number of benzene rings is 1. The van der Waals surface area contributed by atoms with Gasteiger partial charge in [0.2, 0.25) is 11.8 Å². The fourth-order valence-electron chi connectivity index (χ4n) is 4.66. The lowest BCUT2D eigenvalue weighted by Gasteiger charge is -2.34. The minimum atomic E-state index is -0.715. The molecule has 1 aromatic carbocycles. The van der Waals surface area contributed by atoms with Crippen molar-refractivity contribution < 1.29 is 9.59 Å². The molecule has 4 rings (SSSR count). The molecule has 7 nitrogen and oxygen atoms in total. The van der Waals surface area contributed by atoms with Gasteiger partial charge in [-0.15, -0.1) is 0 Å². The molecule has 28 heavy (non-hydrogen) atoms. The molecule has 1 N–H and O–H groups in total.